The number of imide groups is 1. The third-order valence-corrected chi connectivity index (χ3v) is 6.11. The number of urea groups is 1. The number of rotatable bonds is 6. The second-order valence-electron chi connectivity index (χ2n) is 8.34. The molecule has 1 N–H and O–H groups in total. The lowest BCUT2D eigenvalue weighted by molar-refractivity contribution is -0.153. The maximum absolute atomic E-state index is 12.9. The molecule has 2 aliphatic rings. The molecule has 4 amide bonds. The van der Waals surface area contributed by atoms with Gasteiger partial charge in [0.05, 0.1) is 0 Å². The number of likely N-dealkylation sites (N-methyl/N-ethyl adjacent to an activating group) is 1. The molecule has 1 aliphatic carbocycles. The summed E-state index contributed by atoms with van der Waals surface area (Å²) in [4.78, 5) is 52.0. The largest absolute Gasteiger partial charge is 0.454 e. The summed E-state index contributed by atoms with van der Waals surface area (Å²) in [5, 5.41) is 2.79. The van der Waals surface area contributed by atoms with Crippen LogP contribution in [-0.2, 0) is 25.7 Å². The number of hydrogen-bond donors (Lipinski definition) is 1. The van der Waals surface area contributed by atoms with Gasteiger partial charge in [-0.05, 0) is 31.2 Å². The molecule has 0 bridgehead atoms. The van der Waals surface area contributed by atoms with Crippen LogP contribution in [0.5, 0.6) is 0 Å². The molecule has 1 heterocycles. The summed E-state index contributed by atoms with van der Waals surface area (Å²) in [6, 6.07) is 7.22. The SMILES string of the molecule is Cc1ccc(CN(C)C(=O)COC(=O)CN2C(=O)N[C@]3(CCCC[C@H]3C)C2=O)cc1. The average Bonchev–Trinajstić information content (AvgIpc) is 2.95. The van der Waals surface area contributed by atoms with Crippen molar-refractivity contribution in [3.63, 3.8) is 0 Å². The van der Waals surface area contributed by atoms with E-state index in [1.165, 1.54) is 4.90 Å². The van der Waals surface area contributed by atoms with E-state index in [0.717, 1.165) is 35.3 Å². The Bertz CT molecular complexity index is 838. The van der Waals surface area contributed by atoms with Gasteiger partial charge in [0.1, 0.15) is 12.1 Å². The molecule has 8 nitrogen and oxygen atoms in total. The summed E-state index contributed by atoms with van der Waals surface area (Å²) in [5.74, 6) is -1.50. The van der Waals surface area contributed by atoms with Crippen LogP contribution in [0.15, 0.2) is 24.3 Å². The van der Waals surface area contributed by atoms with Crippen LogP contribution in [0.3, 0.4) is 0 Å². The molecule has 2 atom stereocenters. The van der Waals surface area contributed by atoms with E-state index in [9.17, 15) is 19.2 Å². The molecule has 1 saturated heterocycles. The highest BCUT2D eigenvalue weighted by Gasteiger charge is 2.55. The molecule has 8 heteroatoms. The van der Waals surface area contributed by atoms with E-state index in [1.807, 2.05) is 38.1 Å². The molecule has 30 heavy (non-hydrogen) atoms. The van der Waals surface area contributed by atoms with Crippen LogP contribution < -0.4 is 5.32 Å². The first-order chi connectivity index (χ1) is 14.2. The van der Waals surface area contributed by atoms with E-state index in [0.29, 0.717) is 13.0 Å². The first-order valence-electron chi connectivity index (χ1n) is 10.3. The smallest absolute Gasteiger partial charge is 0.326 e. The highest BCUT2D eigenvalue weighted by atomic mass is 16.5. The third-order valence-electron chi connectivity index (χ3n) is 6.11. The minimum atomic E-state index is -0.917. The van der Waals surface area contributed by atoms with Crippen LogP contribution in [0, 0.1) is 12.8 Å². The molecule has 1 aromatic carbocycles. The minimum Gasteiger partial charge on any atom is -0.454 e. The number of carbonyl (C=O) groups excluding carboxylic acids is 4. The zero-order valence-electron chi connectivity index (χ0n) is 17.8. The summed E-state index contributed by atoms with van der Waals surface area (Å²) in [6.07, 6.45) is 3.31. The van der Waals surface area contributed by atoms with Crippen molar-refractivity contribution in [1.29, 1.82) is 0 Å². The summed E-state index contributed by atoms with van der Waals surface area (Å²) in [6.45, 7) is 3.40. The lowest BCUT2D eigenvalue weighted by Crippen LogP contribution is -2.54. The van der Waals surface area contributed by atoms with E-state index in [-0.39, 0.29) is 17.7 Å². The molecule has 0 aromatic heterocycles. The van der Waals surface area contributed by atoms with Gasteiger partial charge >= 0.3 is 12.0 Å². The number of hydrogen-bond acceptors (Lipinski definition) is 5. The molecule has 162 valence electrons. The topological polar surface area (TPSA) is 96.0 Å². The normalized spacial score (nSPS) is 23.4. The minimum absolute atomic E-state index is 0.0146. The van der Waals surface area contributed by atoms with Crippen LogP contribution in [0.25, 0.3) is 0 Å². The average molecular weight is 415 g/mol. The number of benzene rings is 1. The second-order valence-corrected chi connectivity index (χ2v) is 8.34. The van der Waals surface area contributed by atoms with E-state index in [4.69, 9.17) is 4.74 Å². The summed E-state index contributed by atoms with van der Waals surface area (Å²) < 4.78 is 5.04. The van der Waals surface area contributed by atoms with Crippen LogP contribution in [0.4, 0.5) is 4.79 Å². The van der Waals surface area contributed by atoms with Gasteiger partial charge in [0.2, 0.25) is 0 Å². The predicted molar refractivity (Wildman–Crippen MR) is 109 cm³/mol. The van der Waals surface area contributed by atoms with Crippen molar-refractivity contribution < 1.29 is 23.9 Å². The lowest BCUT2D eigenvalue weighted by Gasteiger charge is -2.36. The highest BCUT2D eigenvalue weighted by molar-refractivity contribution is 6.09. The van der Waals surface area contributed by atoms with Gasteiger partial charge in [-0.2, -0.15) is 0 Å². The zero-order valence-corrected chi connectivity index (χ0v) is 17.8. The third kappa shape index (κ3) is 4.47. The Morgan fingerprint density at radius 2 is 1.93 bits per heavy atom. The summed E-state index contributed by atoms with van der Waals surface area (Å²) in [5.41, 5.74) is 1.18. The van der Waals surface area contributed by atoms with Crippen LogP contribution in [0.2, 0.25) is 0 Å². The highest BCUT2D eigenvalue weighted by Crippen LogP contribution is 2.38. The Kier molecular flexibility index (Phi) is 6.43. The second kappa shape index (κ2) is 8.85. The van der Waals surface area contributed by atoms with Gasteiger partial charge in [-0.15, -0.1) is 0 Å². The lowest BCUT2D eigenvalue weighted by atomic mass is 9.73. The standard InChI is InChI=1S/C22H29N3O5/c1-15-7-9-17(10-8-15)12-24(3)18(26)14-30-19(27)13-25-20(28)22(23-21(25)29)11-5-4-6-16(22)2/h7-10,16H,4-6,11-14H2,1-3H3,(H,23,29)/t16-,22+/m1/s1. The van der Waals surface area contributed by atoms with E-state index < -0.39 is 30.7 Å². The van der Waals surface area contributed by atoms with Crippen molar-refractivity contribution in [2.75, 3.05) is 20.2 Å². The Labute approximate surface area is 176 Å². The Hall–Kier alpha value is -2.90. The van der Waals surface area contributed by atoms with Crippen molar-refractivity contribution >= 4 is 23.8 Å². The number of nitrogens with one attached hydrogen (secondary N) is 1. The maximum Gasteiger partial charge on any atom is 0.326 e. The van der Waals surface area contributed by atoms with E-state index >= 15 is 0 Å². The van der Waals surface area contributed by atoms with Crippen LogP contribution in [0.1, 0.15) is 43.7 Å². The molecule has 1 saturated carbocycles. The van der Waals surface area contributed by atoms with E-state index in [1.54, 1.807) is 7.05 Å². The van der Waals surface area contributed by atoms with Gasteiger partial charge < -0.3 is 15.0 Å². The van der Waals surface area contributed by atoms with Crippen molar-refractivity contribution in [3.8, 4) is 0 Å². The van der Waals surface area contributed by atoms with Gasteiger partial charge in [0.25, 0.3) is 11.8 Å². The fourth-order valence-corrected chi connectivity index (χ4v) is 4.12. The molecule has 1 aromatic rings. The Morgan fingerprint density at radius 1 is 1.23 bits per heavy atom. The maximum atomic E-state index is 12.9. The molecule has 2 fully saturated rings. The number of esters is 1. The fraction of sp³-hybridized carbons (Fsp3) is 0.545. The number of carbonyl (C=O) groups is 4. The molecular weight excluding hydrogens is 386 g/mol. The van der Waals surface area contributed by atoms with Gasteiger partial charge in [0.15, 0.2) is 6.61 Å². The van der Waals surface area contributed by atoms with Crippen molar-refractivity contribution in [1.82, 2.24) is 15.1 Å². The quantitative estimate of drug-likeness (QED) is 0.566. The van der Waals surface area contributed by atoms with Crippen molar-refractivity contribution in [2.24, 2.45) is 5.92 Å². The van der Waals surface area contributed by atoms with Gasteiger partial charge in [0, 0.05) is 13.6 Å². The van der Waals surface area contributed by atoms with Crippen LogP contribution >= 0.6 is 0 Å². The van der Waals surface area contributed by atoms with Crippen molar-refractivity contribution in [2.45, 2.75) is 51.6 Å². The number of aryl methyl sites for hydroxylation is 1. The van der Waals surface area contributed by atoms with Gasteiger partial charge in [-0.1, -0.05) is 49.6 Å². The Balaban J connectivity index is 1.50. The predicted octanol–water partition coefficient (Wildman–Crippen LogP) is 2.00. The van der Waals surface area contributed by atoms with E-state index in [2.05, 4.69) is 5.32 Å². The summed E-state index contributed by atoms with van der Waals surface area (Å²) in [7, 11) is 1.63. The van der Waals surface area contributed by atoms with Crippen LogP contribution in [-0.4, -0.2) is 59.4 Å². The molecule has 1 aliphatic heterocycles. The molecule has 1 spiro atoms. The first-order valence-corrected chi connectivity index (χ1v) is 10.3. The monoisotopic (exact) mass is 415 g/mol. The Morgan fingerprint density at radius 3 is 2.60 bits per heavy atom. The van der Waals surface area contributed by atoms with Crippen molar-refractivity contribution in [3.05, 3.63) is 35.4 Å². The fourth-order valence-electron chi connectivity index (χ4n) is 4.12. The molecular formula is C22H29N3O5. The first kappa shape index (κ1) is 21.8. The number of amides is 4. The zero-order chi connectivity index (χ0) is 21.9. The molecule has 0 unspecified atom stereocenters. The van der Waals surface area contributed by atoms with Gasteiger partial charge in [-0.25, -0.2) is 4.79 Å². The number of ether oxygens (including phenoxy) is 1. The molecule has 0 radical (unpaired) electrons. The van der Waals surface area contributed by atoms with Gasteiger partial charge in [-0.3, -0.25) is 19.3 Å². The molecule has 3 rings (SSSR count). The number of nitrogens with zero attached hydrogens (tertiary/aromatic N) is 2. The summed E-state index contributed by atoms with van der Waals surface area (Å²) >= 11 is 0.